The molecule has 0 aliphatic carbocycles. The predicted molar refractivity (Wildman–Crippen MR) is 70.8 cm³/mol. The summed E-state index contributed by atoms with van der Waals surface area (Å²) in [6, 6.07) is 7.16. The monoisotopic (exact) mass is 223 g/mol. The van der Waals surface area contributed by atoms with Crippen LogP contribution in [-0.2, 0) is 0 Å². The van der Waals surface area contributed by atoms with Gasteiger partial charge < -0.3 is 4.90 Å². The third-order valence-electron chi connectivity index (χ3n) is 2.82. The molecule has 84 valence electrons. The first-order valence-electron chi connectivity index (χ1n) is 5.40. The summed E-state index contributed by atoms with van der Waals surface area (Å²) in [7, 11) is 4.27. The maximum atomic E-state index is 4.34. The second-order valence-electron chi connectivity index (χ2n) is 4.35. The van der Waals surface area contributed by atoms with Gasteiger partial charge in [-0.25, -0.2) is 0 Å². The highest BCUT2D eigenvalue weighted by Crippen LogP contribution is 2.26. The van der Waals surface area contributed by atoms with Crippen LogP contribution in [0.25, 0.3) is 0 Å². The molecule has 15 heavy (non-hydrogen) atoms. The van der Waals surface area contributed by atoms with E-state index < -0.39 is 0 Å². The summed E-state index contributed by atoms with van der Waals surface area (Å²) >= 11 is 4.34. The zero-order valence-corrected chi connectivity index (χ0v) is 11.0. The Hall–Kier alpha value is -0.470. The molecule has 0 amide bonds. The standard InChI is InChI=1S/C13H21NS/c1-10-5-6-11(2)12(9-10)13(7-8-15)14(3)4/h5-6,9,13,15H,7-8H2,1-4H3. The Kier molecular flexibility index (Phi) is 4.68. The van der Waals surface area contributed by atoms with Crippen LogP contribution in [0.2, 0.25) is 0 Å². The highest BCUT2D eigenvalue weighted by molar-refractivity contribution is 7.80. The number of hydrogen-bond acceptors (Lipinski definition) is 2. The lowest BCUT2D eigenvalue weighted by atomic mass is 9.96. The normalized spacial score (nSPS) is 13.2. The average molecular weight is 223 g/mol. The largest absolute Gasteiger partial charge is 0.302 e. The van der Waals surface area contributed by atoms with Gasteiger partial charge in [-0.05, 0) is 51.2 Å². The summed E-state index contributed by atoms with van der Waals surface area (Å²) in [6.45, 7) is 4.33. The number of nitrogens with zero attached hydrogens (tertiary/aromatic N) is 1. The molecule has 1 aromatic rings. The fraction of sp³-hybridized carbons (Fsp3) is 0.538. The third-order valence-corrected chi connectivity index (χ3v) is 3.08. The topological polar surface area (TPSA) is 3.24 Å². The molecule has 0 radical (unpaired) electrons. The molecular formula is C13H21NS. The quantitative estimate of drug-likeness (QED) is 0.767. The van der Waals surface area contributed by atoms with Crippen LogP contribution in [0.1, 0.15) is 29.2 Å². The van der Waals surface area contributed by atoms with Gasteiger partial charge in [-0.1, -0.05) is 23.8 Å². The number of benzene rings is 1. The molecule has 0 aliphatic heterocycles. The van der Waals surface area contributed by atoms with Gasteiger partial charge in [0.25, 0.3) is 0 Å². The van der Waals surface area contributed by atoms with Crippen molar-refractivity contribution in [3.05, 3.63) is 34.9 Å². The van der Waals surface area contributed by atoms with Crippen molar-refractivity contribution in [3.63, 3.8) is 0 Å². The van der Waals surface area contributed by atoms with E-state index in [1.807, 2.05) is 0 Å². The zero-order chi connectivity index (χ0) is 11.4. The Labute approximate surface area is 98.9 Å². The van der Waals surface area contributed by atoms with E-state index >= 15 is 0 Å². The Balaban J connectivity index is 3.04. The second kappa shape index (κ2) is 5.57. The van der Waals surface area contributed by atoms with Gasteiger partial charge in [0, 0.05) is 6.04 Å². The van der Waals surface area contributed by atoms with Crippen molar-refractivity contribution in [3.8, 4) is 0 Å². The molecule has 1 atom stereocenters. The first-order chi connectivity index (χ1) is 7.06. The molecule has 0 aliphatic rings. The molecule has 0 N–H and O–H groups in total. The number of aryl methyl sites for hydroxylation is 2. The molecule has 0 heterocycles. The van der Waals surface area contributed by atoms with Crippen molar-refractivity contribution in [2.24, 2.45) is 0 Å². The van der Waals surface area contributed by atoms with E-state index in [4.69, 9.17) is 0 Å². The molecule has 1 unspecified atom stereocenters. The molecule has 1 nitrogen and oxygen atoms in total. The summed E-state index contributed by atoms with van der Waals surface area (Å²) in [6.07, 6.45) is 1.10. The van der Waals surface area contributed by atoms with Gasteiger partial charge in [-0.15, -0.1) is 0 Å². The second-order valence-corrected chi connectivity index (χ2v) is 4.80. The van der Waals surface area contributed by atoms with E-state index in [2.05, 4.69) is 63.7 Å². The summed E-state index contributed by atoms with van der Waals surface area (Å²) in [5, 5.41) is 0. The van der Waals surface area contributed by atoms with Gasteiger partial charge in [0.15, 0.2) is 0 Å². The minimum atomic E-state index is 0.488. The van der Waals surface area contributed by atoms with Gasteiger partial charge in [0.2, 0.25) is 0 Å². The van der Waals surface area contributed by atoms with Crippen molar-refractivity contribution in [2.45, 2.75) is 26.3 Å². The maximum Gasteiger partial charge on any atom is 0.0352 e. The van der Waals surface area contributed by atoms with Crippen LogP contribution in [-0.4, -0.2) is 24.7 Å². The molecule has 1 aromatic carbocycles. The zero-order valence-electron chi connectivity index (χ0n) is 10.1. The van der Waals surface area contributed by atoms with E-state index in [0.717, 1.165) is 12.2 Å². The molecule has 0 bridgehead atoms. The van der Waals surface area contributed by atoms with Gasteiger partial charge >= 0.3 is 0 Å². The van der Waals surface area contributed by atoms with Crippen LogP contribution < -0.4 is 0 Å². The summed E-state index contributed by atoms with van der Waals surface area (Å²) in [5.74, 6) is 0.927. The fourth-order valence-electron chi connectivity index (χ4n) is 1.93. The first-order valence-corrected chi connectivity index (χ1v) is 6.04. The summed E-state index contributed by atoms with van der Waals surface area (Å²) < 4.78 is 0. The number of hydrogen-bond donors (Lipinski definition) is 1. The Bertz CT molecular complexity index is 320. The van der Waals surface area contributed by atoms with Crippen LogP contribution in [0.5, 0.6) is 0 Å². The van der Waals surface area contributed by atoms with Crippen molar-refractivity contribution >= 4 is 12.6 Å². The molecule has 0 aromatic heterocycles. The van der Waals surface area contributed by atoms with Crippen molar-refractivity contribution < 1.29 is 0 Å². The van der Waals surface area contributed by atoms with Gasteiger partial charge in [0.05, 0.1) is 0 Å². The van der Waals surface area contributed by atoms with Crippen LogP contribution in [0.4, 0.5) is 0 Å². The first kappa shape index (κ1) is 12.6. The smallest absolute Gasteiger partial charge is 0.0352 e. The van der Waals surface area contributed by atoms with E-state index in [9.17, 15) is 0 Å². The number of thiol groups is 1. The van der Waals surface area contributed by atoms with Crippen LogP contribution in [0.3, 0.4) is 0 Å². The van der Waals surface area contributed by atoms with Gasteiger partial charge in [-0.3, -0.25) is 0 Å². The highest BCUT2D eigenvalue weighted by atomic mass is 32.1. The molecule has 1 rings (SSSR count). The Morgan fingerprint density at radius 3 is 2.47 bits per heavy atom. The molecule has 0 spiro atoms. The lowest BCUT2D eigenvalue weighted by Gasteiger charge is -2.26. The SMILES string of the molecule is Cc1ccc(C)c(C(CCS)N(C)C)c1. The fourth-order valence-corrected chi connectivity index (χ4v) is 2.18. The Morgan fingerprint density at radius 1 is 1.27 bits per heavy atom. The predicted octanol–water partition coefficient (Wildman–Crippen LogP) is 3.23. The average Bonchev–Trinajstić information content (AvgIpc) is 2.18. The lowest BCUT2D eigenvalue weighted by molar-refractivity contribution is 0.292. The van der Waals surface area contributed by atoms with Crippen molar-refractivity contribution in [1.29, 1.82) is 0 Å². The van der Waals surface area contributed by atoms with Crippen LogP contribution in [0.15, 0.2) is 18.2 Å². The molecule has 0 saturated heterocycles. The van der Waals surface area contributed by atoms with E-state index in [0.29, 0.717) is 6.04 Å². The van der Waals surface area contributed by atoms with Gasteiger partial charge in [-0.2, -0.15) is 12.6 Å². The van der Waals surface area contributed by atoms with Gasteiger partial charge in [0.1, 0.15) is 0 Å². The molecular weight excluding hydrogens is 202 g/mol. The van der Waals surface area contributed by atoms with E-state index in [-0.39, 0.29) is 0 Å². The van der Waals surface area contributed by atoms with Crippen molar-refractivity contribution in [1.82, 2.24) is 4.90 Å². The summed E-state index contributed by atoms with van der Waals surface area (Å²) in [5.41, 5.74) is 4.15. The third kappa shape index (κ3) is 3.25. The minimum absolute atomic E-state index is 0.488. The van der Waals surface area contributed by atoms with Crippen molar-refractivity contribution in [2.75, 3.05) is 19.8 Å². The number of rotatable bonds is 4. The Morgan fingerprint density at radius 2 is 1.93 bits per heavy atom. The molecule has 0 fully saturated rings. The van der Waals surface area contributed by atoms with E-state index in [1.54, 1.807) is 0 Å². The van der Waals surface area contributed by atoms with Crippen LogP contribution in [0, 0.1) is 13.8 Å². The lowest BCUT2D eigenvalue weighted by Crippen LogP contribution is -2.21. The molecule has 2 heteroatoms. The van der Waals surface area contributed by atoms with E-state index in [1.165, 1.54) is 16.7 Å². The van der Waals surface area contributed by atoms with Crippen LogP contribution >= 0.6 is 12.6 Å². The molecule has 0 saturated carbocycles. The minimum Gasteiger partial charge on any atom is -0.302 e. The summed E-state index contributed by atoms with van der Waals surface area (Å²) in [4.78, 5) is 2.28. The maximum absolute atomic E-state index is 4.34. The highest BCUT2D eigenvalue weighted by Gasteiger charge is 2.15.